The predicted octanol–water partition coefficient (Wildman–Crippen LogP) is 2.96. The smallest absolute Gasteiger partial charge is 0.261 e. The second-order valence-electron chi connectivity index (χ2n) is 6.64. The summed E-state index contributed by atoms with van der Waals surface area (Å²) < 4.78 is 0. The number of amides is 2. The van der Waals surface area contributed by atoms with Gasteiger partial charge in [0, 0.05) is 30.6 Å². The average Bonchev–Trinajstić information content (AvgIpc) is 3.04. The molecule has 25 heavy (non-hydrogen) atoms. The highest BCUT2D eigenvalue weighted by Crippen LogP contribution is 2.29. The van der Waals surface area contributed by atoms with E-state index < -0.39 is 5.41 Å². The number of carbonyl (C=O) groups excluding carboxylic acids is 2. The summed E-state index contributed by atoms with van der Waals surface area (Å²) in [6.45, 7) is 7.84. The monoisotopic (exact) mass is 387 g/mol. The molecule has 1 fully saturated rings. The zero-order chi connectivity index (χ0) is 17.7. The number of nitrogens with zero attached hydrogens (tertiary/aromatic N) is 1. The van der Waals surface area contributed by atoms with Crippen molar-refractivity contribution < 1.29 is 9.59 Å². The van der Waals surface area contributed by atoms with Crippen LogP contribution in [0.25, 0.3) is 0 Å². The molecule has 0 bridgehead atoms. The van der Waals surface area contributed by atoms with Gasteiger partial charge >= 0.3 is 0 Å². The third-order valence-corrected chi connectivity index (χ3v) is 6.28. The molecule has 0 aliphatic carbocycles. The van der Waals surface area contributed by atoms with Gasteiger partial charge in [0.1, 0.15) is 0 Å². The SMILES string of the molecule is CCC(CC)(CN)C(=O)N1CCC(NC(=O)c2ccc(C)s2)CC1.Cl. The van der Waals surface area contributed by atoms with Gasteiger partial charge in [-0.3, -0.25) is 9.59 Å². The first-order valence-electron chi connectivity index (χ1n) is 8.82. The maximum Gasteiger partial charge on any atom is 0.261 e. The Bertz CT molecular complexity index is 570. The molecule has 0 aromatic carbocycles. The summed E-state index contributed by atoms with van der Waals surface area (Å²) in [5, 5.41) is 3.10. The molecule has 1 aromatic rings. The lowest BCUT2D eigenvalue weighted by Crippen LogP contribution is -2.52. The number of piperidine rings is 1. The number of nitrogens with one attached hydrogen (secondary N) is 1. The van der Waals surface area contributed by atoms with Crippen molar-refractivity contribution in [3.63, 3.8) is 0 Å². The van der Waals surface area contributed by atoms with E-state index in [0.29, 0.717) is 19.6 Å². The summed E-state index contributed by atoms with van der Waals surface area (Å²) in [6.07, 6.45) is 3.15. The summed E-state index contributed by atoms with van der Waals surface area (Å²) in [6, 6.07) is 3.97. The molecule has 1 aromatic heterocycles. The van der Waals surface area contributed by atoms with Crippen molar-refractivity contribution in [3.05, 3.63) is 21.9 Å². The second-order valence-corrected chi connectivity index (χ2v) is 7.93. The van der Waals surface area contributed by atoms with Crippen molar-refractivity contribution >= 4 is 35.6 Å². The van der Waals surface area contributed by atoms with Crippen LogP contribution in [-0.2, 0) is 4.79 Å². The van der Waals surface area contributed by atoms with E-state index in [1.165, 1.54) is 11.3 Å². The fraction of sp³-hybridized carbons (Fsp3) is 0.667. The van der Waals surface area contributed by atoms with E-state index in [4.69, 9.17) is 5.73 Å². The molecule has 0 spiro atoms. The van der Waals surface area contributed by atoms with Crippen LogP contribution < -0.4 is 11.1 Å². The van der Waals surface area contributed by atoms with Crippen LogP contribution in [0.2, 0.25) is 0 Å². The highest BCUT2D eigenvalue weighted by Gasteiger charge is 2.38. The zero-order valence-electron chi connectivity index (χ0n) is 15.3. The first kappa shape index (κ1) is 21.9. The number of likely N-dealkylation sites (tertiary alicyclic amines) is 1. The Morgan fingerprint density at radius 3 is 2.32 bits per heavy atom. The molecule has 0 atom stereocenters. The van der Waals surface area contributed by atoms with Crippen LogP contribution in [0.15, 0.2) is 12.1 Å². The van der Waals surface area contributed by atoms with Gasteiger partial charge in [-0.2, -0.15) is 0 Å². The van der Waals surface area contributed by atoms with Gasteiger partial charge < -0.3 is 16.0 Å². The van der Waals surface area contributed by atoms with Gasteiger partial charge in [-0.15, -0.1) is 23.7 Å². The number of rotatable bonds is 6. The lowest BCUT2D eigenvalue weighted by Gasteiger charge is -2.39. The Labute approximate surface area is 160 Å². The Morgan fingerprint density at radius 2 is 1.88 bits per heavy atom. The maximum atomic E-state index is 12.8. The molecule has 0 unspecified atom stereocenters. The molecule has 2 heterocycles. The molecule has 3 N–H and O–H groups in total. The molecule has 7 heteroatoms. The number of nitrogens with two attached hydrogens (primary N) is 1. The normalized spacial score (nSPS) is 15.6. The molecule has 0 saturated carbocycles. The number of thiophene rings is 1. The van der Waals surface area contributed by atoms with Crippen LogP contribution in [0, 0.1) is 12.3 Å². The van der Waals surface area contributed by atoms with Gasteiger partial charge in [0.2, 0.25) is 5.91 Å². The lowest BCUT2D eigenvalue weighted by atomic mass is 9.80. The number of halogens is 1. The molecule has 0 radical (unpaired) electrons. The van der Waals surface area contributed by atoms with Crippen LogP contribution in [0.5, 0.6) is 0 Å². The van der Waals surface area contributed by atoms with Crippen LogP contribution in [0.4, 0.5) is 0 Å². The quantitative estimate of drug-likeness (QED) is 0.787. The van der Waals surface area contributed by atoms with Crippen LogP contribution in [0.3, 0.4) is 0 Å². The Morgan fingerprint density at radius 1 is 1.28 bits per heavy atom. The molecule has 2 rings (SSSR count). The summed E-state index contributed by atoms with van der Waals surface area (Å²) >= 11 is 1.51. The van der Waals surface area contributed by atoms with Crippen molar-refractivity contribution in [2.24, 2.45) is 11.1 Å². The Kier molecular flexibility index (Phi) is 8.38. The summed E-state index contributed by atoms with van der Waals surface area (Å²) in [4.78, 5) is 28.9. The van der Waals surface area contributed by atoms with Gasteiger partial charge in [0.25, 0.3) is 5.91 Å². The average molecular weight is 388 g/mol. The van der Waals surface area contributed by atoms with Gasteiger partial charge in [0.05, 0.1) is 10.3 Å². The van der Waals surface area contributed by atoms with Crippen molar-refractivity contribution in [1.82, 2.24) is 10.2 Å². The summed E-state index contributed by atoms with van der Waals surface area (Å²) in [5.74, 6) is 0.171. The van der Waals surface area contributed by atoms with E-state index in [0.717, 1.165) is 35.4 Å². The molecule has 142 valence electrons. The lowest BCUT2D eigenvalue weighted by molar-refractivity contribution is -0.143. The van der Waals surface area contributed by atoms with E-state index in [1.54, 1.807) is 0 Å². The predicted molar refractivity (Wildman–Crippen MR) is 105 cm³/mol. The van der Waals surface area contributed by atoms with Gasteiger partial charge in [-0.25, -0.2) is 0 Å². The third kappa shape index (κ3) is 4.96. The number of aryl methyl sites for hydroxylation is 1. The van der Waals surface area contributed by atoms with E-state index in [9.17, 15) is 9.59 Å². The highest BCUT2D eigenvalue weighted by atomic mass is 35.5. The first-order chi connectivity index (χ1) is 11.5. The minimum atomic E-state index is -0.426. The van der Waals surface area contributed by atoms with Crippen molar-refractivity contribution in [3.8, 4) is 0 Å². The fourth-order valence-corrected chi connectivity index (χ4v) is 4.07. The summed E-state index contributed by atoms with van der Waals surface area (Å²) in [7, 11) is 0. The third-order valence-electron chi connectivity index (χ3n) is 5.28. The molecule has 1 aliphatic heterocycles. The van der Waals surface area contributed by atoms with E-state index in [2.05, 4.69) is 5.32 Å². The maximum absolute atomic E-state index is 12.8. The van der Waals surface area contributed by atoms with E-state index >= 15 is 0 Å². The van der Waals surface area contributed by atoms with Crippen molar-refractivity contribution in [2.75, 3.05) is 19.6 Å². The molecule has 1 saturated heterocycles. The number of hydrogen-bond acceptors (Lipinski definition) is 4. The molecular weight excluding hydrogens is 358 g/mol. The molecule has 1 aliphatic rings. The Balaban J connectivity index is 0.00000312. The first-order valence-corrected chi connectivity index (χ1v) is 9.64. The van der Waals surface area contributed by atoms with Gasteiger partial charge in [-0.1, -0.05) is 13.8 Å². The van der Waals surface area contributed by atoms with Crippen molar-refractivity contribution in [1.29, 1.82) is 0 Å². The van der Waals surface area contributed by atoms with E-state index in [1.807, 2.05) is 37.8 Å². The van der Waals surface area contributed by atoms with Gasteiger partial charge in [0.15, 0.2) is 0 Å². The largest absolute Gasteiger partial charge is 0.348 e. The topological polar surface area (TPSA) is 75.4 Å². The van der Waals surface area contributed by atoms with Crippen molar-refractivity contribution in [2.45, 2.75) is 52.5 Å². The number of hydrogen-bond donors (Lipinski definition) is 2. The van der Waals surface area contributed by atoms with Crippen LogP contribution in [0.1, 0.15) is 54.1 Å². The van der Waals surface area contributed by atoms with Gasteiger partial charge in [-0.05, 0) is 44.7 Å². The minimum absolute atomic E-state index is 0. The van der Waals surface area contributed by atoms with E-state index in [-0.39, 0.29) is 30.3 Å². The standard InChI is InChI=1S/C18H29N3O2S.ClH/c1-4-18(5-2,12-19)17(23)21-10-8-14(9-11-21)20-16(22)15-7-6-13(3)24-15;/h6-7,14H,4-5,8-12,19H2,1-3H3,(H,20,22);1H. The zero-order valence-corrected chi connectivity index (χ0v) is 17.0. The number of carbonyl (C=O) groups is 2. The van der Waals surface area contributed by atoms with Crippen LogP contribution >= 0.6 is 23.7 Å². The summed E-state index contributed by atoms with van der Waals surface area (Å²) in [5.41, 5.74) is 5.47. The molecule has 5 nitrogen and oxygen atoms in total. The second kappa shape index (κ2) is 9.55. The molecule has 2 amide bonds. The fourth-order valence-electron chi connectivity index (χ4n) is 3.30. The van der Waals surface area contributed by atoms with Crippen LogP contribution in [-0.4, -0.2) is 42.4 Å². The highest BCUT2D eigenvalue weighted by molar-refractivity contribution is 7.13. The Hall–Kier alpha value is -1.11. The molecular formula is C18H30ClN3O2S. The minimum Gasteiger partial charge on any atom is -0.348 e.